The SMILES string of the molecule is Cc1cc(C)c(OCC(=O)N2CCNC(=O)C2)c(C)c1. The standard InChI is InChI=1S/C15H20N2O3/c1-10-6-11(2)15(12(3)7-10)20-9-14(19)17-5-4-16-13(18)8-17/h6-7H,4-5,8-9H2,1-3H3,(H,16,18). The lowest BCUT2D eigenvalue weighted by Gasteiger charge is -2.26. The van der Waals surface area contributed by atoms with Crippen molar-refractivity contribution in [1.29, 1.82) is 0 Å². The van der Waals surface area contributed by atoms with Crippen molar-refractivity contribution >= 4 is 11.8 Å². The van der Waals surface area contributed by atoms with Crippen LogP contribution < -0.4 is 10.1 Å². The first kappa shape index (κ1) is 14.4. The maximum atomic E-state index is 12.0. The zero-order valence-electron chi connectivity index (χ0n) is 12.2. The van der Waals surface area contributed by atoms with Gasteiger partial charge in [0.15, 0.2) is 6.61 Å². The molecular formula is C15H20N2O3. The molecule has 2 rings (SSSR count). The topological polar surface area (TPSA) is 58.6 Å². The van der Waals surface area contributed by atoms with E-state index >= 15 is 0 Å². The number of amides is 2. The van der Waals surface area contributed by atoms with E-state index in [0.717, 1.165) is 16.9 Å². The molecule has 0 spiro atoms. The molecule has 0 unspecified atom stereocenters. The number of hydrogen-bond acceptors (Lipinski definition) is 3. The van der Waals surface area contributed by atoms with Gasteiger partial charge >= 0.3 is 0 Å². The Labute approximate surface area is 118 Å². The number of rotatable bonds is 3. The molecule has 1 aromatic carbocycles. The van der Waals surface area contributed by atoms with Crippen molar-refractivity contribution in [2.45, 2.75) is 20.8 Å². The molecule has 0 aromatic heterocycles. The van der Waals surface area contributed by atoms with Gasteiger partial charge in [0, 0.05) is 13.1 Å². The molecule has 0 saturated carbocycles. The number of nitrogens with zero attached hydrogens (tertiary/aromatic N) is 1. The van der Waals surface area contributed by atoms with E-state index in [9.17, 15) is 9.59 Å². The van der Waals surface area contributed by atoms with Crippen LogP contribution in [0.25, 0.3) is 0 Å². The van der Waals surface area contributed by atoms with E-state index in [0.29, 0.717) is 13.1 Å². The van der Waals surface area contributed by atoms with Gasteiger partial charge in [-0.05, 0) is 31.9 Å². The first-order valence-corrected chi connectivity index (χ1v) is 6.72. The normalized spacial score (nSPS) is 14.9. The fraction of sp³-hybridized carbons (Fsp3) is 0.467. The minimum absolute atomic E-state index is 0.0297. The molecule has 5 heteroatoms. The quantitative estimate of drug-likeness (QED) is 0.894. The number of benzene rings is 1. The summed E-state index contributed by atoms with van der Waals surface area (Å²) in [6.45, 7) is 7.10. The highest BCUT2D eigenvalue weighted by Gasteiger charge is 2.21. The van der Waals surface area contributed by atoms with E-state index in [4.69, 9.17) is 4.74 Å². The Balaban J connectivity index is 1.98. The van der Waals surface area contributed by atoms with Crippen LogP contribution in [0.3, 0.4) is 0 Å². The molecule has 1 N–H and O–H groups in total. The third-order valence-electron chi connectivity index (χ3n) is 3.34. The van der Waals surface area contributed by atoms with Crippen LogP contribution in [-0.4, -0.2) is 43.0 Å². The molecule has 108 valence electrons. The molecule has 0 aliphatic carbocycles. The van der Waals surface area contributed by atoms with E-state index in [1.165, 1.54) is 10.5 Å². The van der Waals surface area contributed by atoms with Gasteiger partial charge < -0.3 is 15.0 Å². The summed E-state index contributed by atoms with van der Waals surface area (Å²) >= 11 is 0. The summed E-state index contributed by atoms with van der Waals surface area (Å²) in [5.74, 6) is 0.483. The summed E-state index contributed by atoms with van der Waals surface area (Å²) in [5.41, 5.74) is 3.21. The average molecular weight is 276 g/mol. The number of aryl methyl sites for hydroxylation is 3. The third kappa shape index (κ3) is 3.29. The second-order valence-electron chi connectivity index (χ2n) is 5.18. The average Bonchev–Trinajstić information content (AvgIpc) is 2.37. The van der Waals surface area contributed by atoms with E-state index in [2.05, 4.69) is 5.32 Å². The molecule has 1 aliphatic heterocycles. The summed E-state index contributed by atoms with van der Waals surface area (Å²) in [4.78, 5) is 24.8. The second kappa shape index (κ2) is 5.94. The van der Waals surface area contributed by atoms with Crippen molar-refractivity contribution in [2.75, 3.05) is 26.2 Å². The van der Waals surface area contributed by atoms with E-state index in [1.54, 1.807) is 0 Å². The molecule has 1 fully saturated rings. The molecule has 0 atom stereocenters. The number of carbonyl (C=O) groups excluding carboxylic acids is 2. The van der Waals surface area contributed by atoms with Crippen molar-refractivity contribution < 1.29 is 14.3 Å². The lowest BCUT2D eigenvalue weighted by atomic mass is 10.1. The molecule has 1 aliphatic rings. The van der Waals surface area contributed by atoms with Crippen LogP contribution in [0.2, 0.25) is 0 Å². The minimum Gasteiger partial charge on any atom is -0.483 e. The molecule has 1 saturated heterocycles. The van der Waals surface area contributed by atoms with Crippen LogP contribution in [0.1, 0.15) is 16.7 Å². The van der Waals surface area contributed by atoms with Gasteiger partial charge in [0.05, 0.1) is 6.54 Å². The maximum absolute atomic E-state index is 12.0. The van der Waals surface area contributed by atoms with Crippen molar-refractivity contribution in [3.63, 3.8) is 0 Å². The number of hydrogen-bond donors (Lipinski definition) is 1. The monoisotopic (exact) mass is 276 g/mol. The minimum atomic E-state index is -0.153. The van der Waals surface area contributed by atoms with Gasteiger partial charge in [0.2, 0.25) is 5.91 Å². The summed E-state index contributed by atoms with van der Waals surface area (Å²) in [7, 11) is 0. The molecule has 2 amide bonds. The summed E-state index contributed by atoms with van der Waals surface area (Å²) in [5, 5.41) is 2.69. The van der Waals surface area contributed by atoms with Crippen LogP contribution in [-0.2, 0) is 9.59 Å². The molecular weight excluding hydrogens is 256 g/mol. The highest BCUT2D eigenvalue weighted by molar-refractivity contribution is 5.86. The Hall–Kier alpha value is -2.04. The Bertz CT molecular complexity index is 517. The second-order valence-corrected chi connectivity index (χ2v) is 5.18. The molecule has 20 heavy (non-hydrogen) atoms. The van der Waals surface area contributed by atoms with Gasteiger partial charge in [0.25, 0.3) is 5.91 Å². The van der Waals surface area contributed by atoms with Gasteiger partial charge in [-0.1, -0.05) is 17.7 Å². The fourth-order valence-corrected chi connectivity index (χ4v) is 2.47. The lowest BCUT2D eigenvalue weighted by molar-refractivity contribution is -0.139. The summed E-state index contributed by atoms with van der Waals surface area (Å²) < 4.78 is 5.65. The van der Waals surface area contributed by atoms with Gasteiger partial charge in [-0.3, -0.25) is 9.59 Å². The number of nitrogens with one attached hydrogen (secondary N) is 1. The Kier molecular flexibility index (Phi) is 4.27. The van der Waals surface area contributed by atoms with Crippen LogP contribution in [0.5, 0.6) is 5.75 Å². The highest BCUT2D eigenvalue weighted by Crippen LogP contribution is 2.24. The van der Waals surface area contributed by atoms with Crippen LogP contribution in [0.15, 0.2) is 12.1 Å². The first-order chi connectivity index (χ1) is 9.47. The molecule has 0 radical (unpaired) electrons. The lowest BCUT2D eigenvalue weighted by Crippen LogP contribution is -2.51. The van der Waals surface area contributed by atoms with E-state index in [1.807, 2.05) is 32.9 Å². The van der Waals surface area contributed by atoms with Crippen molar-refractivity contribution in [1.82, 2.24) is 10.2 Å². The van der Waals surface area contributed by atoms with Gasteiger partial charge in [0.1, 0.15) is 5.75 Å². The number of piperazine rings is 1. The van der Waals surface area contributed by atoms with Crippen LogP contribution in [0, 0.1) is 20.8 Å². The molecule has 1 aromatic rings. The van der Waals surface area contributed by atoms with Gasteiger partial charge in [-0.2, -0.15) is 0 Å². The maximum Gasteiger partial charge on any atom is 0.261 e. The summed E-state index contributed by atoms with van der Waals surface area (Å²) in [6.07, 6.45) is 0. The van der Waals surface area contributed by atoms with Crippen molar-refractivity contribution in [2.24, 2.45) is 0 Å². The zero-order chi connectivity index (χ0) is 14.7. The van der Waals surface area contributed by atoms with E-state index < -0.39 is 0 Å². The first-order valence-electron chi connectivity index (χ1n) is 6.72. The Morgan fingerprint density at radius 1 is 1.30 bits per heavy atom. The fourth-order valence-electron chi connectivity index (χ4n) is 2.47. The zero-order valence-corrected chi connectivity index (χ0v) is 12.2. The Morgan fingerprint density at radius 3 is 2.55 bits per heavy atom. The van der Waals surface area contributed by atoms with Gasteiger partial charge in [-0.15, -0.1) is 0 Å². The molecule has 0 bridgehead atoms. The smallest absolute Gasteiger partial charge is 0.261 e. The predicted molar refractivity (Wildman–Crippen MR) is 75.7 cm³/mol. The predicted octanol–water partition coefficient (Wildman–Crippen LogP) is 0.949. The van der Waals surface area contributed by atoms with Crippen LogP contribution in [0.4, 0.5) is 0 Å². The Morgan fingerprint density at radius 2 is 1.95 bits per heavy atom. The van der Waals surface area contributed by atoms with Crippen molar-refractivity contribution in [3.8, 4) is 5.75 Å². The van der Waals surface area contributed by atoms with E-state index in [-0.39, 0.29) is 25.0 Å². The highest BCUT2D eigenvalue weighted by atomic mass is 16.5. The largest absolute Gasteiger partial charge is 0.483 e. The van der Waals surface area contributed by atoms with Crippen LogP contribution >= 0.6 is 0 Å². The number of ether oxygens (including phenoxy) is 1. The third-order valence-corrected chi connectivity index (χ3v) is 3.34. The van der Waals surface area contributed by atoms with Crippen molar-refractivity contribution in [3.05, 3.63) is 28.8 Å². The number of carbonyl (C=O) groups is 2. The summed E-state index contributed by atoms with van der Waals surface area (Å²) in [6, 6.07) is 4.06. The molecule has 5 nitrogen and oxygen atoms in total. The van der Waals surface area contributed by atoms with Gasteiger partial charge in [-0.25, -0.2) is 0 Å². The molecule has 1 heterocycles.